The third-order valence-electron chi connectivity index (χ3n) is 3.85. The van der Waals surface area contributed by atoms with Crippen molar-refractivity contribution in [3.05, 3.63) is 0 Å². The highest BCUT2D eigenvalue weighted by atomic mass is 16.5. The highest BCUT2D eigenvalue weighted by Crippen LogP contribution is 2.13. The summed E-state index contributed by atoms with van der Waals surface area (Å²) in [5, 5.41) is 6.22. The summed E-state index contributed by atoms with van der Waals surface area (Å²) in [7, 11) is 1.57. The molecule has 1 saturated heterocycles. The first kappa shape index (κ1) is 16.4. The van der Waals surface area contributed by atoms with Gasteiger partial charge in [-0.25, -0.2) is 0 Å². The van der Waals surface area contributed by atoms with E-state index in [1.807, 2.05) is 13.8 Å². The molecule has 0 aromatic rings. The van der Waals surface area contributed by atoms with Gasteiger partial charge >= 0.3 is 0 Å². The number of methoxy groups -OCH3 is 1. The molecule has 1 aliphatic heterocycles. The Balaban J connectivity index is 2.08. The number of hydrogen-bond donors (Lipinski definition) is 2. The Labute approximate surface area is 116 Å². The first-order chi connectivity index (χ1) is 9.12. The fraction of sp³-hybridized carbons (Fsp3) is 0.929. The Kier molecular flexibility index (Phi) is 7.34. The lowest BCUT2D eigenvalue weighted by atomic mass is 10.0. The molecular weight excluding hydrogens is 244 g/mol. The van der Waals surface area contributed by atoms with Crippen LogP contribution in [0.25, 0.3) is 0 Å². The van der Waals surface area contributed by atoms with Crippen LogP contribution in [0.15, 0.2) is 0 Å². The quantitative estimate of drug-likeness (QED) is 0.649. The fourth-order valence-electron chi connectivity index (χ4n) is 2.07. The van der Waals surface area contributed by atoms with Crippen LogP contribution in [0.3, 0.4) is 0 Å². The zero-order chi connectivity index (χ0) is 14.1. The van der Waals surface area contributed by atoms with Gasteiger partial charge in [0.05, 0.1) is 6.10 Å². The Hall–Kier alpha value is -0.650. The molecule has 0 saturated carbocycles. The van der Waals surface area contributed by atoms with Crippen LogP contribution in [0.2, 0.25) is 0 Å². The van der Waals surface area contributed by atoms with Gasteiger partial charge in [0.15, 0.2) is 0 Å². The van der Waals surface area contributed by atoms with Crippen LogP contribution in [-0.4, -0.2) is 51.0 Å². The zero-order valence-corrected chi connectivity index (χ0v) is 12.5. The second kappa shape index (κ2) is 8.51. The normalized spacial score (nSPS) is 19.9. The summed E-state index contributed by atoms with van der Waals surface area (Å²) in [5.41, 5.74) is -0.712. The van der Waals surface area contributed by atoms with E-state index in [0.29, 0.717) is 25.7 Å². The van der Waals surface area contributed by atoms with Crippen LogP contribution in [0.1, 0.15) is 39.5 Å². The van der Waals surface area contributed by atoms with Crippen molar-refractivity contribution in [3.8, 4) is 0 Å². The van der Waals surface area contributed by atoms with Crippen molar-refractivity contribution in [2.75, 3.05) is 33.4 Å². The van der Waals surface area contributed by atoms with Gasteiger partial charge in [-0.15, -0.1) is 0 Å². The average Bonchev–Trinajstić information content (AvgIpc) is 2.47. The molecule has 0 bridgehead atoms. The van der Waals surface area contributed by atoms with E-state index in [4.69, 9.17) is 9.47 Å². The van der Waals surface area contributed by atoms with Gasteiger partial charge in [-0.3, -0.25) is 4.79 Å². The van der Waals surface area contributed by atoms with E-state index in [2.05, 4.69) is 10.6 Å². The summed E-state index contributed by atoms with van der Waals surface area (Å²) in [6.07, 6.45) is 4.07. The highest BCUT2D eigenvalue weighted by Gasteiger charge is 2.30. The van der Waals surface area contributed by atoms with E-state index in [1.165, 1.54) is 0 Å². The molecule has 0 aromatic carbocycles. The van der Waals surface area contributed by atoms with Gasteiger partial charge in [-0.2, -0.15) is 0 Å². The lowest BCUT2D eigenvalue weighted by Gasteiger charge is -2.25. The maximum absolute atomic E-state index is 11.9. The van der Waals surface area contributed by atoms with Gasteiger partial charge in [0.1, 0.15) is 5.60 Å². The summed E-state index contributed by atoms with van der Waals surface area (Å²) >= 11 is 0. The van der Waals surface area contributed by atoms with Crippen LogP contribution < -0.4 is 10.6 Å². The van der Waals surface area contributed by atoms with Gasteiger partial charge in [0, 0.05) is 20.3 Å². The van der Waals surface area contributed by atoms with Gasteiger partial charge < -0.3 is 20.1 Å². The standard InChI is InChI=1S/C14H28N2O3/c1-4-14(2,18-3)13(17)16-8-5-11-19-12-6-9-15-10-7-12/h12,15H,4-11H2,1-3H3,(H,16,17). The molecule has 1 aliphatic rings. The van der Waals surface area contributed by atoms with Crippen molar-refractivity contribution in [3.63, 3.8) is 0 Å². The fourth-order valence-corrected chi connectivity index (χ4v) is 2.07. The number of hydrogen-bond acceptors (Lipinski definition) is 4. The molecule has 2 N–H and O–H groups in total. The topological polar surface area (TPSA) is 59.6 Å². The number of amides is 1. The van der Waals surface area contributed by atoms with Crippen molar-refractivity contribution in [1.29, 1.82) is 0 Å². The lowest BCUT2D eigenvalue weighted by molar-refractivity contribution is -0.141. The Bertz CT molecular complexity index is 261. The second-order valence-corrected chi connectivity index (χ2v) is 5.22. The van der Waals surface area contributed by atoms with Crippen LogP contribution in [0, 0.1) is 0 Å². The van der Waals surface area contributed by atoms with Crippen molar-refractivity contribution in [2.24, 2.45) is 0 Å². The van der Waals surface area contributed by atoms with Crippen LogP contribution in [0.4, 0.5) is 0 Å². The first-order valence-corrected chi connectivity index (χ1v) is 7.28. The van der Waals surface area contributed by atoms with E-state index in [-0.39, 0.29) is 5.91 Å². The third-order valence-corrected chi connectivity index (χ3v) is 3.85. The number of carbonyl (C=O) groups excluding carboxylic acids is 1. The Morgan fingerprint density at radius 3 is 2.68 bits per heavy atom. The molecule has 5 heteroatoms. The number of ether oxygens (including phenoxy) is 2. The summed E-state index contributed by atoms with van der Waals surface area (Å²) in [4.78, 5) is 11.9. The number of nitrogens with one attached hydrogen (secondary N) is 2. The lowest BCUT2D eigenvalue weighted by Crippen LogP contribution is -2.46. The summed E-state index contributed by atoms with van der Waals surface area (Å²) < 4.78 is 11.0. The van der Waals surface area contributed by atoms with Crippen molar-refractivity contribution < 1.29 is 14.3 Å². The Morgan fingerprint density at radius 1 is 1.42 bits per heavy atom. The molecule has 1 amide bonds. The second-order valence-electron chi connectivity index (χ2n) is 5.22. The first-order valence-electron chi connectivity index (χ1n) is 7.28. The average molecular weight is 272 g/mol. The van der Waals surface area contributed by atoms with Gasteiger partial charge in [-0.05, 0) is 45.7 Å². The molecule has 0 aliphatic carbocycles. The molecule has 1 heterocycles. The largest absolute Gasteiger partial charge is 0.378 e. The summed E-state index contributed by atoms with van der Waals surface area (Å²) in [5.74, 6) is -0.0423. The molecule has 1 unspecified atom stereocenters. The Morgan fingerprint density at radius 2 is 2.11 bits per heavy atom. The van der Waals surface area contributed by atoms with Crippen molar-refractivity contribution >= 4 is 5.91 Å². The number of piperidine rings is 1. The van der Waals surface area contributed by atoms with Gasteiger partial charge in [-0.1, -0.05) is 6.92 Å². The maximum atomic E-state index is 11.9. The molecule has 0 radical (unpaired) electrons. The van der Waals surface area contributed by atoms with Crippen LogP contribution in [0.5, 0.6) is 0 Å². The SMILES string of the molecule is CCC(C)(OC)C(=O)NCCCOC1CCNCC1. The number of rotatable bonds is 8. The number of carbonyl (C=O) groups is 1. The van der Waals surface area contributed by atoms with E-state index in [1.54, 1.807) is 7.11 Å². The molecule has 1 fully saturated rings. The molecule has 1 atom stereocenters. The van der Waals surface area contributed by atoms with E-state index in [9.17, 15) is 4.79 Å². The third kappa shape index (κ3) is 5.47. The highest BCUT2D eigenvalue weighted by molar-refractivity contribution is 5.84. The smallest absolute Gasteiger partial charge is 0.251 e. The predicted molar refractivity (Wildman–Crippen MR) is 75.2 cm³/mol. The molecule has 1 rings (SSSR count). The summed E-state index contributed by atoms with van der Waals surface area (Å²) in [6, 6.07) is 0. The van der Waals surface area contributed by atoms with E-state index < -0.39 is 5.60 Å². The van der Waals surface area contributed by atoms with E-state index in [0.717, 1.165) is 32.4 Å². The predicted octanol–water partition coefficient (Wildman–Crippen LogP) is 1.08. The molecule has 19 heavy (non-hydrogen) atoms. The van der Waals surface area contributed by atoms with E-state index >= 15 is 0 Å². The monoisotopic (exact) mass is 272 g/mol. The van der Waals surface area contributed by atoms with Gasteiger partial charge in [0.2, 0.25) is 0 Å². The maximum Gasteiger partial charge on any atom is 0.251 e. The minimum atomic E-state index is -0.712. The van der Waals surface area contributed by atoms with Crippen molar-refractivity contribution in [2.45, 2.75) is 51.2 Å². The minimum absolute atomic E-state index is 0.0423. The zero-order valence-electron chi connectivity index (χ0n) is 12.5. The van der Waals surface area contributed by atoms with Crippen molar-refractivity contribution in [1.82, 2.24) is 10.6 Å². The molecule has 112 valence electrons. The molecular formula is C14H28N2O3. The van der Waals surface area contributed by atoms with Gasteiger partial charge in [0.25, 0.3) is 5.91 Å². The minimum Gasteiger partial charge on any atom is -0.378 e. The molecule has 5 nitrogen and oxygen atoms in total. The van der Waals surface area contributed by atoms with Crippen LogP contribution in [-0.2, 0) is 14.3 Å². The molecule has 0 aromatic heterocycles. The van der Waals surface area contributed by atoms with Crippen LogP contribution >= 0.6 is 0 Å². The summed E-state index contributed by atoms with van der Waals surface area (Å²) in [6.45, 7) is 7.20. The molecule has 0 spiro atoms.